The van der Waals surface area contributed by atoms with Gasteiger partial charge in [-0.15, -0.1) is 0 Å². The molecule has 2 heterocycles. The van der Waals surface area contributed by atoms with Crippen LogP contribution >= 0.6 is 0 Å². The Morgan fingerprint density at radius 3 is 1.97 bits per heavy atom. The van der Waals surface area contributed by atoms with Gasteiger partial charge >= 0.3 is 13.4 Å². The van der Waals surface area contributed by atoms with Gasteiger partial charge in [-0.05, 0) is 71.9 Å². The van der Waals surface area contributed by atoms with Crippen LogP contribution in [-0.4, -0.2) is 23.6 Å². The summed E-state index contributed by atoms with van der Waals surface area (Å²) in [6, 6.07) is 7.55. The fourth-order valence-corrected chi connectivity index (χ4v) is 5.90. The van der Waals surface area contributed by atoms with Crippen LogP contribution in [-0.2, 0) is 21.6 Å². The largest absolute Gasteiger partial charge is 0.677 e. The van der Waals surface area contributed by atoms with Gasteiger partial charge in [0.2, 0.25) is 0 Å². The molecule has 1 aliphatic rings. The predicted molar refractivity (Wildman–Crippen MR) is 149 cm³/mol. The predicted octanol–water partition coefficient (Wildman–Crippen LogP) is 7.83. The molecular formula is C30H39BF2N2O2. The molecule has 0 radical (unpaired) electrons. The molecule has 0 spiro atoms. The number of aliphatic imine (C=N–C) groups is 1. The molecule has 198 valence electrons. The van der Waals surface area contributed by atoms with Gasteiger partial charge in [0.05, 0.1) is 5.70 Å². The van der Waals surface area contributed by atoms with Gasteiger partial charge in [-0.1, -0.05) is 65.8 Å². The molecule has 0 bridgehead atoms. The highest BCUT2D eigenvalue weighted by Gasteiger charge is 2.36. The fourth-order valence-electron chi connectivity index (χ4n) is 5.90. The van der Waals surface area contributed by atoms with Crippen LogP contribution < -0.4 is 0 Å². The zero-order valence-electron chi connectivity index (χ0n) is 24.1. The van der Waals surface area contributed by atoms with Crippen molar-refractivity contribution < 1.29 is 18.2 Å². The lowest BCUT2D eigenvalue weighted by molar-refractivity contribution is -0.142. The van der Waals surface area contributed by atoms with Crippen LogP contribution in [0.1, 0.15) is 96.0 Å². The number of carbonyl (C=O) groups excluding carboxylic acids is 1. The number of ether oxygens (including phenoxy) is 1. The topological polar surface area (TPSA) is 43.6 Å². The first kappa shape index (κ1) is 28.6. The number of halogens is 2. The quantitative estimate of drug-likeness (QED) is 0.305. The van der Waals surface area contributed by atoms with E-state index in [0.717, 1.165) is 49.3 Å². The van der Waals surface area contributed by atoms with Gasteiger partial charge in [0.25, 0.3) is 0 Å². The van der Waals surface area contributed by atoms with E-state index in [1.165, 1.54) is 6.92 Å². The SMILES string of the molecule is CC(=O)OCc1ccc(/C(=C2/N=C(C)C(C(C)(C)C)=C2C)c2c(C)c(C(C)(C)C)c(C)n2B(F)F)cc1. The second kappa shape index (κ2) is 10.1. The molecule has 0 fully saturated rings. The van der Waals surface area contributed by atoms with Crippen molar-refractivity contribution in [2.45, 2.75) is 88.2 Å². The Morgan fingerprint density at radius 2 is 1.54 bits per heavy atom. The monoisotopic (exact) mass is 508 g/mol. The minimum atomic E-state index is -2.71. The van der Waals surface area contributed by atoms with Crippen molar-refractivity contribution in [2.24, 2.45) is 10.4 Å². The van der Waals surface area contributed by atoms with Crippen molar-refractivity contribution in [1.29, 1.82) is 0 Å². The number of hydrogen-bond donors (Lipinski definition) is 0. The summed E-state index contributed by atoms with van der Waals surface area (Å²) < 4.78 is 35.8. The van der Waals surface area contributed by atoms with Gasteiger partial charge in [-0.2, -0.15) is 0 Å². The summed E-state index contributed by atoms with van der Waals surface area (Å²) in [6.07, 6.45) is 0. The Hall–Kier alpha value is -2.96. The Bertz CT molecular complexity index is 1320. The van der Waals surface area contributed by atoms with Gasteiger partial charge in [0.15, 0.2) is 0 Å². The molecule has 37 heavy (non-hydrogen) atoms. The van der Waals surface area contributed by atoms with E-state index in [9.17, 15) is 13.4 Å². The van der Waals surface area contributed by atoms with Crippen LogP contribution in [0.3, 0.4) is 0 Å². The fraction of sp³-hybridized carbons (Fsp3) is 0.467. The lowest BCUT2D eigenvalue weighted by Gasteiger charge is -2.22. The first-order chi connectivity index (χ1) is 17.0. The van der Waals surface area contributed by atoms with E-state index < -0.39 is 7.40 Å². The molecule has 1 aliphatic heterocycles. The van der Waals surface area contributed by atoms with Crippen LogP contribution in [0.4, 0.5) is 8.63 Å². The minimum absolute atomic E-state index is 0.148. The highest BCUT2D eigenvalue weighted by molar-refractivity contribution is 6.41. The Kier molecular flexibility index (Phi) is 7.79. The first-order valence-electron chi connectivity index (χ1n) is 12.7. The van der Waals surface area contributed by atoms with Gasteiger partial charge in [0.1, 0.15) is 6.61 Å². The standard InChI is InChI=1S/C30H39BF2N2O2/c1-17-25(29(6,7)8)19(3)34-27(17)24(23-14-12-22(13-15-23)16-37-21(5)36)28-18(2)26(30(9,10)11)20(4)35(28)31(32)33/h12-15H,16H2,1-11H3/b27-24-. The normalized spacial score (nSPS) is 15.8. The molecule has 0 amide bonds. The van der Waals surface area contributed by atoms with E-state index in [1.54, 1.807) is 6.92 Å². The van der Waals surface area contributed by atoms with Crippen LogP contribution in [0.2, 0.25) is 0 Å². The summed E-state index contributed by atoms with van der Waals surface area (Å²) in [5, 5.41) is 0. The maximum Gasteiger partial charge on any atom is 0.677 e. The number of carbonyl (C=O) groups is 1. The number of hydrogen-bond acceptors (Lipinski definition) is 3. The molecule has 4 nitrogen and oxygen atoms in total. The molecule has 0 atom stereocenters. The van der Waals surface area contributed by atoms with Crippen molar-refractivity contribution in [2.75, 3.05) is 0 Å². The highest BCUT2D eigenvalue weighted by atomic mass is 19.2. The van der Waals surface area contributed by atoms with Crippen molar-refractivity contribution in [3.05, 3.63) is 74.8 Å². The van der Waals surface area contributed by atoms with Gasteiger partial charge in [0, 0.05) is 29.6 Å². The van der Waals surface area contributed by atoms with Crippen molar-refractivity contribution in [3.8, 4) is 0 Å². The van der Waals surface area contributed by atoms with Gasteiger partial charge < -0.3 is 9.21 Å². The first-order valence-corrected chi connectivity index (χ1v) is 12.7. The Balaban J connectivity index is 2.43. The lowest BCUT2D eigenvalue weighted by Crippen LogP contribution is -2.20. The van der Waals surface area contributed by atoms with Gasteiger partial charge in [-0.3, -0.25) is 18.4 Å². The van der Waals surface area contributed by atoms with Crippen molar-refractivity contribution in [1.82, 2.24) is 4.48 Å². The molecule has 3 rings (SSSR count). The summed E-state index contributed by atoms with van der Waals surface area (Å²) in [7, 11) is -2.71. The zero-order chi connectivity index (χ0) is 28.0. The van der Waals surface area contributed by atoms with Crippen molar-refractivity contribution in [3.63, 3.8) is 0 Å². The molecule has 1 aromatic carbocycles. The molecule has 0 saturated heterocycles. The number of aromatic nitrogens is 1. The van der Waals surface area contributed by atoms with E-state index in [1.807, 2.05) is 45.0 Å². The van der Waals surface area contributed by atoms with Crippen LogP contribution in [0, 0.1) is 19.3 Å². The second-order valence-electron chi connectivity index (χ2n) is 12.0. The average molecular weight is 508 g/mol. The highest BCUT2D eigenvalue weighted by Crippen LogP contribution is 2.45. The van der Waals surface area contributed by atoms with Crippen LogP contribution in [0.25, 0.3) is 5.57 Å². The maximum absolute atomic E-state index is 14.8. The second-order valence-corrected chi connectivity index (χ2v) is 12.0. The Morgan fingerprint density at radius 1 is 0.973 bits per heavy atom. The number of allylic oxidation sites excluding steroid dienone is 2. The van der Waals surface area contributed by atoms with Crippen LogP contribution in [0.5, 0.6) is 0 Å². The third-order valence-electron chi connectivity index (χ3n) is 6.92. The summed E-state index contributed by atoms with van der Waals surface area (Å²) in [5.74, 6) is -0.353. The third kappa shape index (κ3) is 5.51. The summed E-state index contributed by atoms with van der Waals surface area (Å²) >= 11 is 0. The smallest absolute Gasteiger partial charge is 0.461 e. The maximum atomic E-state index is 14.8. The van der Waals surface area contributed by atoms with Gasteiger partial charge in [-0.25, -0.2) is 0 Å². The molecule has 2 aromatic rings. The van der Waals surface area contributed by atoms with E-state index >= 15 is 0 Å². The van der Waals surface area contributed by atoms with E-state index in [4.69, 9.17) is 9.73 Å². The Labute approximate surface area is 220 Å². The number of rotatable bonds is 5. The van der Waals surface area contributed by atoms with E-state index in [0.29, 0.717) is 17.0 Å². The minimum Gasteiger partial charge on any atom is -0.461 e. The zero-order valence-corrected chi connectivity index (χ0v) is 24.1. The molecule has 1 aromatic heterocycles. The summed E-state index contributed by atoms with van der Waals surface area (Å²) in [6.45, 7) is 21.9. The number of esters is 1. The van der Waals surface area contributed by atoms with Crippen molar-refractivity contribution >= 4 is 24.7 Å². The molecule has 0 saturated carbocycles. The van der Waals surface area contributed by atoms with E-state index in [2.05, 4.69) is 41.5 Å². The summed E-state index contributed by atoms with van der Waals surface area (Å²) in [4.78, 5) is 16.3. The average Bonchev–Trinajstić information content (AvgIpc) is 3.19. The van der Waals surface area contributed by atoms with Crippen LogP contribution in [0.15, 0.2) is 46.1 Å². The third-order valence-corrected chi connectivity index (χ3v) is 6.92. The summed E-state index contributed by atoms with van der Waals surface area (Å²) in [5.41, 5.74) is 8.41. The lowest BCUT2D eigenvalue weighted by atomic mass is 9.81. The molecule has 7 heteroatoms. The molecule has 0 aliphatic carbocycles. The number of nitrogens with zero attached hydrogens (tertiary/aromatic N) is 2. The molecule has 0 N–H and O–H groups in total. The van der Waals surface area contributed by atoms with E-state index in [-0.39, 0.29) is 23.4 Å². The molecule has 0 unspecified atom stereocenters. The number of benzene rings is 1. The molecular weight excluding hydrogens is 469 g/mol.